The van der Waals surface area contributed by atoms with Crippen molar-refractivity contribution in [1.29, 1.82) is 0 Å². The van der Waals surface area contributed by atoms with Gasteiger partial charge in [0.2, 0.25) is 5.91 Å². The van der Waals surface area contributed by atoms with Crippen molar-refractivity contribution in [1.82, 2.24) is 0 Å². The molecular formula is C17H19FN2O. The summed E-state index contributed by atoms with van der Waals surface area (Å²) in [5.74, 6) is -0.842. The second kappa shape index (κ2) is 5.95. The van der Waals surface area contributed by atoms with Crippen LogP contribution in [0.5, 0.6) is 0 Å². The zero-order valence-corrected chi connectivity index (χ0v) is 12.4. The first-order valence-electron chi connectivity index (χ1n) is 6.77. The number of nitrogens with one attached hydrogen (secondary N) is 1. The summed E-state index contributed by atoms with van der Waals surface area (Å²) in [4.78, 5) is 11.8. The van der Waals surface area contributed by atoms with Gasteiger partial charge in [0.05, 0.1) is 0 Å². The Kier molecular flexibility index (Phi) is 4.26. The number of primary amides is 1. The number of carbonyl (C=O) groups excluding carboxylic acids is 1. The quantitative estimate of drug-likeness (QED) is 0.905. The summed E-state index contributed by atoms with van der Waals surface area (Å²) in [5.41, 5.74) is 9.71. The van der Waals surface area contributed by atoms with Crippen LogP contribution in [-0.2, 0) is 4.79 Å². The van der Waals surface area contributed by atoms with Crippen LogP contribution < -0.4 is 11.1 Å². The minimum atomic E-state index is -0.688. The summed E-state index contributed by atoms with van der Waals surface area (Å²) in [6.45, 7) is 5.71. The maximum atomic E-state index is 13.5. The topological polar surface area (TPSA) is 55.1 Å². The van der Waals surface area contributed by atoms with E-state index in [9.17, 15) is 9.18 Å². The number of nitrogens with two attached hydrogens (primary N) is 1. The van der Waals surface area contributed by atoms with Gasteiger partial charge < -0.3 is 11.1 Å². The lowest BCUT2D eigenvalue weighted by Gasteiger charge is -2.20. The highest BCUT2D eigenvalue weighted by atomic mass is 19.1. The van der Waals surface area contributed by atoms with Gasteiger partial charge in [-0.3, -0.25) is 4.79 Å². The smallest absolute Gasteiger partial charge is 0.244 e. The third-order valence-electron chi connectivity index (χ3n) is 3.37. The number of amides is 1. The van der Waals surface area contributed by atoms with Crippen molar-refractivity contribution in [3.8, 4) is 0 Å². The minimum absolute atomic E-state index is 0.346. The molecule has 21 heavy (non-hydrogen) atoms. The molecule has 3 nitrogen and oxygen atoms in total. The maximum Gasteiger partial charge on any atom is 0.244 e. The van der Waals surface area contributed by atoms with E-state index in [0.717, 1.165) is 22.3 Å². The first-order chi connectivity index (χ1) is 9.86. The van der Waals surface area contributed by atoms with E-state index in [4.69, 9.17) is 5.73 Å². The van der Waals surface area contributed by atoms with E-state index in [1.165, 1.54) is 12.1 Å². The maximum absolute atomic E-state index is 13.5. The fraction of sp³-hybridized carbons (Fsp3) is 0.235. The van der Waals surface area contributed by atoms with Crippen molar-refractivity contribution in [2.75, 3.05) is 5.32 Å². The predicted molar refractivity (Wildman–Crippen MR) is 82.6 cm³/mol. The average molecular weight is 286 g/mol. The van der Waals surface area contributed by atoms with Crippen molar-refractivity contribution in [2.24, 2.45) is 5.73 Å². The van der Waals surface area contributed by atoms with Crippen LogP contribution in [0, 0.1) is 26.6 Å². The molecule has 0 aliphatic rings. The van der Waals surface area contributed by atoms with Gasteiger partial charge in [0.1, 0.15) is 11.9 Å². The highest BCUT2D eigenvalue weighted by molar-refractivity contribution is 5.85. The average Bonchev–Trinajstić information content (AvgIpc) is 2.35. The van der Waals surface area contributed by atoms with Crippen LogP contribution in [0.3, 0.4) is 0 Å². The van der Waals surface area contributed by atoms with Crippen molar-refractivity contribution in [2.45, 2.75) is 26.8 Å². The molecule has 0 radical (unpaired) electrons. The van der Waals surface area contributed by atoms with E-state index >= 15 is 0 Å². The van der Waals surface area contributed by atoms with Crippen LogP contribution in [-0.4, -0.2) is 5.91 Å². The molecule has 0 aliphatic carbocycles. The van der Waals surface area contributed by atoms with Crippen molar-refractivity contribution >= 4 is 11.6 Å². The van der Waals surface area contributed by atoms with Crippen molar-refractivity contribution < 1.29 is 9.18 Å². The van der Waals surface area contributed by atoms with E-state index in [1.54, 1.807) is 13.0 Å². The lowest BCUT2D eigenvalue weighted by molar-refractivity contribution is -0.118. The summed E-state index contributed by atoms with van der Waals surface area (Å²) in [6, 6.07) is 9.67. The van der Waals surface area contributed by atoms with Gasteiger partial charge in [-0.15, -0.1) is 0 Å². The van der Waals surface area contributed by atoms with E-state index in [2.05, 4.69) is 5.32 Å². The molecule has 3 N–H and O–H groups in total. The van der Waals surface area contributed by atoms with E-state index in [1.807, 2.05) is 32.0 Å². The molecule has 2 aromatic rings. The summed E-state index contributed by atoms with van der Waals surface area (Å²) in [6.07, 6.45) is 0. The van der Waals surface area contributed by atoms with Gasteiger partial charge in [0, 0.05) is 5.69 Å². The number of benzene rings is 2. The molecule has 1 amide bonds. The van der Waals surface area contributed by atoms with Crippen molar-refractivity contribution in [3.05, 3.63) is 64.5 Å². The van der Waals surface area contributed by atoms with Crippen LogP contribution in [0.15, 0.2) is 36.4 Å². The largest absolute Gasteiger partial charge is 0.370 e. The molecule has 0 saturated heterocycles. The molecule has 0 heterocycles. The fourth-order valence-electron chi connectivity index (χ4n) is 2.44. The monoisotopic (exact) mass is 286 g/mol. The fourth-order valence-corrected chi connectivity index (χ4v) is 2.44. The molecule has 1 atom stereocenters. The van der Waals surface area contributed by atoms with Gasteiger partial charge in [-0.1, -0.05) is 23.8 Å². The number of hydrogen-bond donors (Lipinski definition) is 2. The number of aryl methyl sites for hydroxylation is 3. The second-order valence-electron chi connectivity index (χ2n) is 5.36. The zero-order chi connectivity index (χ0) is 15.6. The Bertz CT molecular complexity index is 662. The number of hydrogen-bond acceptors (Lipinski definition) is 2. The summed E-state index contributed by atoms with van der Waals surface area (Å²) in [7, 11) is 0. The molecule has 0 aliphatic heterocycles. The van der Waals surface area contributed by atoms with Gasteiger partial charge in [0.25, 0.3) is 0 Å². The van der Waals surface area contributed by atoms with Crippen LogP contribution in [0.1, 0.15) is 28.3 Å². The Hall–Kier alpha value is -2.36. The molecule has 1 unspecified atom stereocenters. The first kappa shape index (κ1) is 15.0. The van der Waals surface area contributed by atoms with Crippen LogP contribution in [0.25, 0.3) is 0 Å². The number of halogens is 1. The summed E-state index contributed by atoms with van der Waals surface area (Å²) >= 11 is 0. The number of carbonyl (C=O) groups is 1. The molecule has 0 spiro atoms. The van der Waals surface area contributed by atoms with E-state index in [-0.39, 0.29) is 5.82 Å². The van der Waals surface area contributed by atoms with E-state index < -0.39 is 11.9 Å². The molecule has 0 saturated carbocycles. The van der Waals surface area contributed by atoms with Gasteiger partial charge >= 0.3 is 0 Å². The normalized spacial score (nSPS) is 12.0. The summed E-state index contributed by atoms with van der Waals surface area (Å²) < 4.78 is 13.5. The highest BCUT2D eigenvalue weighted by Gasteiger charge is 2.19. The van der Waals surface area contributed by atoms with Crippen molar-refractivity contribution in [3.63, 3.8) is 0 Å². The predicted octanol–water partition coefficient (Wildman–Crippen LogP) is 3.39. The highest BCUT2D eigenvalue weighted by Crippen LogP contribution is 2.24. The molecule has 4 heteroatoms. The van der Waals surface area contributed by atoms with Gasteiger partial charge in [-0.2, -0.15) is 0 Å². The molecule has 2 aromatic carbocycles. The molecule has 110 valence electrons. The second-order valence-corrected chi connectivity index (χ2v) is 5.36. The Labute approximate surface area is 124 Å². The van der Waals surface area contributed by atoms with Crippen LogP contribution in [0.4, 0.5) is 10.1 Å². The zero-order valence-electron chi connectivity index (χ0n) is 12.4. The SMILES string of the molecule is Cc1cc(F)cc(NC(C(N)=O)c2ccc(C)cc2C)c1. The van der Waals surface area contributed by atoms with E-state index in [0.29, 0.717) is 5.69 Å². The lowest BCUT2D eigenvalue weighted by atomic mass is 9.98. The van der Waals surface area contributed by atoms with Crippen LogP contribution >= 0.6 is 0 Å². The molecular weight excluding hydrogens is 267 g/mol. The van der Waals surface area contributed by atoms with Crippen LogP contribution in [0.2, 0.25) is 0 Å². The van der Waals surface area contributed by atoms with Gasteiger partial charge in [0.15, 0.2) is 0 Å². The Morgan fingerprint density at radius 2 is 1.81 bits per heavy atom. The molecule has 2 rings (SSSR count). The Morgan fingerprint density at radius 1 is 1.10 bits per heavy atom. The molecule has 0 bridgehead atoms. The van der Waals surface area contributed by atoms with Gasteiger partial charge in [-0.25, -0.2) is 4.39 Å². The third-order valence-corrected chi connectivity index (χ3v) is 3.37. The third kappa shape index (κ3) is 3.60. The summed E-state index contributed by atoms with van der Waals surface area (Å²) in [5, 5.41) is 3.02. The Morgan fingerprint density at radius 3 is 2.38 bits per heavy atom. The molecule has 0 fully saturated rings. The first-order valence-corrected chi connectivity index (χ1v) is 6.77. The Balaban J connectivity index is 2.37. The standard InChI is InChI=1S/C17H19FN2O/c1-10-4-5-15(12(3)6-10)16(17(19)21)20-14-8-11(2)7-13(18)9-14/h4-9,16,20H,1-3H3,(H2,19,21). The number of anilines is 1. The van der Waals surface area contributed by atoms with Gasteiger partial charge in [-0.05, 0) is 55.7 Å². The number of rotatable bonds is 4. The molecule has 0 aromatic heterocycles. The lowest BCUT2D eigenvalue weighted by Crippen LogP contribution is -2.28. The minimum Gasteiger partial charge on any atom is -0.370 e.